The van der Waals surface area contributed by atoms with Crippen LogP contribution in [0.5, 0.6) is 0 Å². The Bertz CT molecular complexity index is 1570. The maximum atomic E-state index is 12.0. The Hall–Kier alpha value is -2.73. The number of benzene rings is 2. The normalized spacial score (nSPS) is 36.7. The van der Waals surface area contributed by atoms with Gasteiger partial charge in [0, 0.05) is 21.6 Å². The summed E-state index contributed by atoms with van der Waals surface area (Å²) in [6.45, 7) is 1.87. The molecule has 0 aliphatic carbocycles. The first kappa shape index (κ1) is 44.0. The molecule has 17 nitrogen and oxygen atoms in total. The maximum absolute atomic E-state index is 12.0. The van der Waals surface area contributed by atoms with Gasteiger partial charge in [-0.2, -0.15) is 0 Å². The zero-order valence-electron chi connectivity index (χ0n) is 29.6. The van der Waals surface area contributed by atoms with Crippen LogP contribution in [-0.2, 0) is 20.6 Å². The molecule has 0 bridgehead atoms. The van der Waals surface area contributed by atoms with Gasteiger partial charge in [-0.25, -0.2) is 0 Å². The van der Waals surface area contributed by atoms with Crippen molar-refractivity contribution in [3.05, 3.63) is 70.1 Å². The summed E-state index contributed by atoms with van der Waals surface area (Å²) >= 11 is 1.67. The van der Waals surface area contributed by atoms with Gasteiger partial charge < -0.3 is 81.2 Å². The van der Waals surface area contributed by atoms with E-state index in [9.17, 15) is 55.9 Å². The van der Waals surface area contributed by atoms with Gasteiger partial charge in [-0.1, -0.05) is 30.3 Å². The Kier molecular flexibility index (Phi) is 15.8. The minimum Gasteiger partial charge on any atom is -0.394 e. The van der Waals surface area contributed by atoms with Crippen LogP contribution in [0.4, 0.5) is 0 Å². The molecule has 6 rings (SSSR count). The summed E-state index contributed by atoms with van der Waals surface area (Å²) in [4.78, 5) is 13.1. The third kappa shape index (κ3) is 9.98. The van der Waals surface area contributed by atoms with Crippen molar-refractivity contribution in [2.45, 2.75) is 112 Å². The van der Waals surface area contributed by atoms with Crippen LogP contribution in [0.2, 0.25) is 0 Å². The highest BCUT2D eigenvalue weighted by Crippen LogP contribution is 2.36. The third-order valence-electron chi connectivity index (χ3n) is 9.70. The second-order valence-corrected chi connectivity index (χ2v) is 14.7. The number of ether oxygens (including phenoxy) is 3. The Balaban J connectivity index is 0.000000222. The summed E-state index contributed by atoms with van der Waals surface area (Å²) in [6, 6.07) is 15.3. The highest BCUT2D eigenvalue weighted by Gasteiger charge is 2.45. The number of hydrogen-bond donors (Lipinski definition) is 13. The number of amides is 1. The maximum Gasteiger partial charge on any atom is 0.249 e. The van der Waals surface area contributed by atoms with E-state index in [0.717, 1.165) is 15.8 Å². The molecule has 3 saturated heterocycles. The monoisotopic (exact) mass is 785 g/mol. The molecule has 3 aliphatic heterocycles. The van der Waals surface area contributed by atoms with E-state index in [-0.39, 0.29) is 18.8 Å². The van der Waals surface area contributed by atoms with E-state index in [0.29, 0.717) is 12.0 Å². The number of carbonyl (C=O) groups excluding carboxylic acids is 1. The Labute approximate surface area is 314 Å². The fraction of sp³-hybridized carbons (Fsp3) is 0.583. The van der Waals surface area contributed by atoms with E-state index in [1.807, 2.05) is 18.2 Å². The van der Waals surface area contributed by atoms with Crippen molar-refractivity contribution in [3.63, 3.8) is 0 Å². The fourth-order valence-corrected chi connectivity index (χ4v) is 7.54. The molecule has 14 N–H and O–H groups in total. The molecule has 18 heteroatoms. The zero-order chi connectivity index (χ0) is 40.0. The van der Waals surface area contributed by atoms with Gasteiger partial charge in [-0.3, -0.25) is 4.79 Å². The highest BCUT2D eigenvalue weighted by atomic mass is 32.1. The predicted molar refractivity (Wildman–Crippen MR) is 191 cm³/mol. The summed E-state index contributed by atoms with van der Waals surface area (Å²) in [7, 11) is 0. The summed E-state index contributed by atoms with van der Waals surface area (Å²) < 4.78 is 16.9. The number of thiophene rings is 1. The Morgan fingerprint density at radius 3 is 1.59 bits per heavy atom. The lowest BCUT2D eigenvalue weighted by molar-refractivity contribution is -0.231. The second kappa shape index (κ2) is 19.4. The number of carbonyl (C=O) groups is 1. The summed E-state index contributed by atoms with van der Waals surface area (Å²) in [5, 5.41) is 114. The van der Waals surface area contributed by atoms with Crippen molar-refractivity contribution >= 4 is 27.3 Å². The molecule has 2 aromatic carbocycles. The van der Waals surface area contributed by atoms with Crippen LogP contribution in [0.1, 0.15) is 46.3 Å². The molecule has 1 amide bonds. The number of hydrogen-bond acceptors (Lipinski definition) is 17. The van der Waals surface area contributed by atoms with Crippen LogP contribution < -0.4 is 5.73 Å². The van der Waals surface area contributed by atoms with Crippen molar-refractivity contribution in [1.29, 1.82) is 0 Å². The highest BCUT2D eigenvalue weighted by molar-refractivity contribution is 7.19. The second-order valence-electron chi connectivity index (χ2n) is 13.5. The number of aliphatic hydroxyl groups excluding tert-OH is 12. The topological polar surface area (TPSA) is 314 Å². The quantitative estimate of drug-likeness (QED) is 0.112. The molecule has 302 valence electrons. The summed E-state index contributed by atoms with van der Waals surface area (Å²) in [5.41, 5.74) is 6.86. The largest absolute Gasteiger partial charge is 0.394 e. The third-order valence-corrected chi connectivity index (χ3v) is 10.8. The molecule has 54 heavy (non-hydrogen) atoms. The molecule has 0 spiro atoms. The van der Waals surface area contributed by atoms with Crippen LogP contribution in [0.25, 0.3) is 10.1 Å². The molecular weight excluding hydrogens is 734 g/mol. The van der Waals surface area contributed by atoms with E-state index in [4.69, 9.17) is 30.2 Å². The van der Waals surface area contributed by atoms with Crippen LogP contribution in [0.3, 0.4) is 0 Å². The lowest BCUT2D eigenvalue weighted by Crippen LogP contribution is -2.57. The average Bonchev–Trinajstić information content (AvgIpc) is 3.58. The Morgan fingerprint density at radius 2 is 1.11 bits per heavy atom. The predicted octanol–water partition coefficient (Wildman–Crippen LogP) is -3.20. The van der Waals surface area contributed by atoms with Crippen molar-refractivity contribution in [2.75, 3.05) is 19.8 Å². The first-order valence-corrected chi connectivity index (χ1v) is 18.2. The molecule has 3 aromatic rings. The molecule has 15 atom stereocenters. The smallest absolute Gasteiger partial charge is 0.249 e. The fourth-order valence-electron chi connectivity index (χ4n) is 6.44. The van der Waals surface area contributed by atoms with E-state index < -0.39 is 104 Å². The van der Waals surface area contributed by atoms with Gasteiger partial charge >= 0.3 is 0 Å². The first-order chi connectivity index (χ1) is 25.5. The van der Waals surface area contributed by atoms with Crippen LogP contribution in [0.15, 0.2) is 48.5 Å². The van der Waals surface area contributed by atoms with Gasteiger partial charge in [-0.05, 0) is 48.6 Å². The Morgan fingerprint density at radius 1 is 0.630 bits per heavy atom. The van der Waals surface area contributed by atoms with Crippen LogP contribution in [-0.4, -0.2) is 172 Å². The van der Waals surface area contributed by atoms with Crippen molar-refractivity contribution in [3.8, 4) is 0 Å². The molecule has 0 saturated carbocycles. The molecule has 0 unspecified atom stereocenters. The minimum atomic E-state index is -1.53. The van der Waals surface area contributed by atoms with Crippen molar-refractivity contribution in [2.24, 2.45) is 5.73 Å². The van der Waals surface area contributed by atoms with Crippen LogP contribution >= 0.6 is 11.3 Å². The van der Waals surface area contributed by atoms with E-state index in [1.54, 1.807) is 43.4 Å². The van der Waals surface area contributed by atoms with Crippen molar-refractivity contribution < 1.29 is 80.3 Å². The van der Waals surface area contributed by atoms with Crippen LogP contribution in [0, 0.1) is 0 Å². The summed E-state index contributed by atoms with van der Waals surface area (Å²) in [5.74, 6) is -0.699. The number of fused-ring (bicyclic) bond motifs is 1. The molecule has 0 radical (unpaired) electrons. The number of aliphatic hydroxyl groups is 12. The number of primary amides is 1. The summed E-state index contributed by atoms with van der Waals surface area (Å²) in [6.07, 6.45) is -16.0. The van der Waals surface area contributed by atoms with Gasteiger partial charge in [0.15, 0.2) is 0 Å². The van der Waals surface area contributed by atoms with Gasteiger partial charge in [0.25, 0.3) is 0 Å². The minimum absolute atomic E-state index is 0.152. The molecule has 3 fully saturated rings. The molecule has 4 heterocycles. The van der Waals surface area contributed by atoms with Crippen molar-refractivity contribution in [1.82, 2.24) is 0 Å². The lowest BCUT2D eigenvalue weighted by Gasteiger charge is -2.40. The van der Waals surface area contributed by atoms with Gasteiger partial charge in [-0.15, -0.1) is 11.3 Å². The SMILES string of the molecule is C[C@@H]1O[C@H](CO)[C@@H](O)[C@H](O)[C@H]1O.C[C@@H]1O[C@H](CO)[C@@H](O)[C@H](O)[C@H]1O.NC(=O)c1ccc(Cc2cc3ccccc3s2)cc1[C@@H]1O[C@H](CO)[C@@H](O)[C@H](O)[C@H]1O. The number of nitrogens with two attached hydrogens (primary N) is 1. The van der Waals surface area contributed by atoms with E-state index >= 15 is 0 Å². The molecule has 3 aliphatic rings. The lowest BCUT2D eigenvalue weighted by atomic mass is 9.88. The van der Waals surface area contributed by atoms with Gasteiger partial charge in [0.1, 0.15) is 79.4 Å². The molecule has 1 aromatic heterocycles. The first-order valence-electron chi connectivity index (χ1n) is 17.4. The zero-order valence-corrected chi connectivity index (χ0v) is 30.4. The average molecular weight is 786 g/mol. The van der Waals surface area contributed by atoms with Gasteiger partial charge in [0.05, 0.1) is 32.0 Å². The standard InChI is InChI=1S/C22H23NO6S.2C7H14O5/c23-22(28)14-6-5-11(7-13-9-12-3-1-2-4-17(12)30-13)8-15(14)21-20(27)19(26)18(25)16(10-24)29-21;2*1-3-5(9)7(11)6(10)4(2-8)12-3/h1-6,8-9,16,18-21,24-27H,7,10H2,(H2,23,28);2*3-11H,2H2,1H3/t16-,18-,19+,20-,21+;2*3-,4+,5-,6+,7+/m100/s1. The van der Waals surface area contributed by atoms with Gasteiger partial charge in [0.2, 0.25) is 5.91 Å². The van der Waals surface area contributed by atoms with E-state index in [2.05, 4.69) is 12.1 Å². The molecular formula is C36H51NO16S. The van der Waals surface area contributed by atoms with E-state index in [1.165, 1.54) is 4.70 Å². The number of rotatable bonds is 7.